The molecule has 1 aromatic heterocycles. The summed E-state index contributed by atoms with van der Waals surface area (Å²) in [5, 5.41) is 5.85. The number of benzene rings is 1. The molecule has 0 saturated carbocycles. The van der Waals surface area contributed by atoms with Gasteiger partial charge in [0.05, 0.1) is 5.52 Å². The van der Waals surface area contributed by atoms with E-state index in [1.54, 1.807) is 0 Å². The third-order valence-electron chi connectivity index (χ3n) is 2.95. The summed E-state index contributed by atoms with van der Waals surface area (Å²) in [5.41, 5.74) is 9.36. The van der Waals surface area contributed by atoms with Gasteiger partial charge in [0.1, 0.15) is 0 Å². The zero-order valence-electron chi connectivity index (χ0n) is 10.2. The molecule has 1 heterocycles. The summed E-state index contributed by atoms with van der Waals surface area (Å²) < 4.78 is 2.00. The highest BCUT2D eigenvalue weighted by atomic mass is 15.3. The standard InChI is InChI=1S/C13H19N3/c1-9(2)13-12-10(7-8-14)5-4-6-11(12)15-16(13)3/h4-6,9H,7-8,14H2,1-3H3. The molecule has 86 valence electrons. The van der Waals surface area contributed by atoms with E-state index in [0.717, 1.165) is 11.9 Å². The topological polar surface area (TPSA) is 43.8 Å². The first-order valence-electron chi connectivity index (χ1n) is 5.79. The van der Waals surface area contributed by atoms with Crippen LogP contribution in [0.1, 0.15) is 31.0 Å². The first kappa shape index (κ1) is 11.1. The van der Waals surface area contributed by atoms with Crippen molar-refractivity contribution in [2.24, 2.45) is 12.8 Å². The van der Waals surface area contributed by atoms with Crippen molar-refractivity contribution >= 4 is 10.9 Å². The summed E-state index contributed by atoms with van der Waals surface area (Å²) >= 11 is 0. The summed E-state index contributed by atoms with van der Waals surface area (Å²) in [7, 11) is 2.02. The monoisotopic (exact) mass is 217 g/mol. The minimum Gasteiger partial charge on any atom is -0.330 e. The minimum atomic E-state index is 0.480. The van der Waals surface area contributed by atoms with E-state index < -0.39 is 0 Å². The van der Waals surface area contributed by atoms with Gasteiger partial charge in [-0.2, -0.15) is 5.10 Å². The van der Waals surface area contributed by atoms with E-state index in [1.165, 1.54) is 16.6 Å². The molecule has 2 N–H and O–H groups in total. The maximum atomic E-state index is 5.66. The SMILES string of the molecule is CC(C)c1c2c(CCN)cccc2nn1C. The highest BCUT2D eigenvalue weighted by molar-refractivity contribution is 5.85. The van der Waals surface area contributed by atoms with Crippen LogP contribution in [0.25, 0.3) is 10.9 Å². The van der Waals surface area contributed by atoms with Crippen LogP contribution >= 0.6 is 0 Å². The van der Waals surface area contributed by atoms with E-state index in [9.17, 15) is 0 Å². The van der Waals surface area contributed by atoms with Crippen LogP contribution in [0.2, 0.25) is 0 Å². The fourth-order valence-corrected chi connectivity index (χ4v) is 2.37. The van der Waals surface area contributed by atoms with Gasteiger partial charge in [-0.25, -0.2) is 0 Å². The fourth-order valence-electron chi connectivity index (χ4n) is 2.37. The van der Waals surface area contributed by atoms with Gasteiger partial charge in [0.15, 0.2) is 0 Å². The lowest BCUT2D eigenvalue weighted by molar-refractivity contribution is 0.677. The molecule has 0 fully saturated rings. The van der Waals surface area contributed by atoms with Gasteiger partial charge in [0.2, 0.25) is 0 Å². The van der Waals surface area contributed by atoms with Gasteiger partial charge < -0.3 is 5.73 Å². The Balaban J connectivity index is 2.72. The van der Waals surface area contributed by atoms with Gasteiger partial charge in [0.25, 0.3) is 0 Å². The highest BCUT2D eigenvalue weighted by Gasteiger charge is 2.14. The predicted molar refractivity (Wildman–Crippen MR) is 67.6 cm³/mol. The molecular formula is C13H19N3. The summed E-state index contributed by atoms with van der Waals surface area (Å²) in [6, 6.07) is 6.29. The molecule has 0 amide bonds. The minimum absolute atomic E-state index is 0.480. The van der Waals surface area contributed by atoms with Crippen LogP contribution in [0.5, 0.6) is 0 Å². The molecule has 0 saturated heterocycles. The molecular weight excluding hydrogens is 198 g/mol. The van der Waals surface area contributed by atoms with Gasteiger partial charge in [-0.05, 0) is 30.5 Å². The molecule has 3 heteroatoms. The second-order valence-corrected chi connectivity index (χ2v) is 4.51. The lowest BCUT2D eigenvalue weighted by atomic mass is 9.99. The Hall–Kier alpha value is -1.35. The summed E-state index contributed by atoms with van der Waals surface area (Å²) in [6.07, 6.45) is 0.919. The van der Waals surface area contributed by atoms with Crippen molar-refractivity contribution in [3.8, 4) is 0 Å². The Morgan fingerprint density at radius 1 is 1.38 bits per heavy atom. The number of aromatic nitrogens is 2. The molecule has 0 atom stereocenters. The lowest BCUT2D eigenvalue weighted by Gasteiger charge is -2.08. The van der Waals surface area contributed by atoms with Crippen LogP contribution in [-0.2, 0) is 13.5 Å². The molecule has 0 radical (unpaired) electrons. The largest absolute Gasteiger partial charge is 0.330 e. The van der Waals surface area contributed by atoms with E-state index in [2.05, 4.69) is 37.1 Å². The number of fused-ring (bicyclic) bond motifs is 1. The Bertz CT molecular complexity index is 497. The van der Waals surface area contributed by atoms with Gasteiger partial charge in [0, 0.05) is 18.1 Å². The number of aryl methyl sites for hydroxylation is 1. The zero-order chi connectivity index (χ0) is 11.7. The zero-order valence-corrected chi connectivity index (χ0v) is 10.2. The summed E-state index contributed by atoms with van der Waals surface area (Å²) in [5.74, 6) is 0.480. The normalized spacial score (nSPS) is 11.6. The number of hydrogen-bond donors (Lipinski definition) is 1. The Morgan fingerprint density at radius 2 is 2.12 bits per heavy atom. The van der Waals surface area contributed by atoms with E-state index in [-0.39, 0.29) is 0 Å². The van der Waals surface area contributed by atoms with Gasteiger partial charge >= 0.3 is 0 Å². The van der Waals surface area contributed by atoms with Crippen molar-refractivity contribution in [3.63, 3.8) is 0 Å². The molecule has 3 nitrogen and oxygen atoms in total. The Morgan fingerprint density at radius 3 is 2.75 bits per heavy atom. The molecule has 16 heavy (non-hydrogen) atoms. The third kappa shape index (κ3) is 1.71. The first-order chi connectivity index (χ1) is 7.65. The number of nitrogens with zero attached hydrogens (tertiary/aromatic N) is 2. The van der Waals surface area contributed by atoms with E-state index >= 15 is 0 Å². The molecule has 0 bridgehead atoms. The molecule has 2 aromatic rings. The van der Waals surface area contributed by atoms with Crippen molar-refractivity contribution in [2.45, 2.75) is 26.2 Å². The molecule has 2 rings (SSSR count). The average molecular weight is 217 g/mol. The van der Waals surface area contributed by atoms with Crippen LogP contribution in [0.4, 0.5) is 0 Å². The molecule has 1 aromatic carbocycles. The van der Waals surface area contributed by atoms with Crippen LogP contribution < -0.4 is 5.73 Å². The predicted octanol–water partition coefficient (Wildman–Crippen LogP) is 2.20. The second-order valence-electron chi connectivity index (χ2n) is 4.51. The summed E-state index contributed by atoms with van der Waals surface area (Å²) in [4.78, 5) is 0. The quantitative estimate of drug-likeness (QED) is 0.856. The molecule has 0 spiro atoms. The van der Waals surface area contributed by atoms with Crippen LogP contribution in [0.3, 0.4) is 0 Å². The van der Waals surface area contributed by atoms with E-state index in [4.69, 9.17) is 5.73 Å². The fraction of sp³-hybridized carbons (Fsp3) is 0.462. The number of hydrogen-bond acceptors (Lipinski definition) is 2. The maximum absolute atomic E-state index is 5.66. The Labute approximate surface area is 96.2 Å². The van der Waals surface area contributed by atoms with Crippen molar-refractivity contribution < 1.29 is 0 Å². The van der Waals surface area contributed by atoms with Crippen LogP contribution in [0, 0.1) is 0 Å². The van der Waals surface area contributed by atoms with Crippen LogP contribution in [-0.4, -0.2) is 16.3 Å². The molecule has 0 aliphatic heterocycles. The third-order valence-corrected chi connectivity index (χ3v) is 2.95. The van der Waals surface area contributed by atoms with Crippen molar-refractivity contribution in [1.82, 2.24) is 9.78 Å². The van der Waals surface area contributed by atoms with Gasteiger partial charge in [-0.1, -0.05) is 26.0 Å². The van der Waals surface area contributed by atoms with Crippen molar-refractivity contribution in [2.75, 3.05) is 6.54 Å². The lowest BCUT2D eigenvalue weighted by Crippen LogP contribution is -2.04. The summed E-state index contributed by atoms with van der Waals surface area (Å²) in [6.45, 7) is 5.09. The molecule has 0 aliphatic rings. The van der Waals surface area contributed by atoms with E-state index in [1.807, 2.05) is 11.7 Å². The first-order valence-corrected chi connectivity index (χ1v) is 5.79. The highest BCUT2D eigenvalue weighted by Crippen LogP contribution is 2.27. The smallest absolute Gasteiger partial charge is 0.0929 e. The second kappa shape index (κ2) is 4.26. The Kier molecular flexibility index (Phi) is 2.97. The average Bonchev–Trinajstić information content (AvgIpc) is 2.55. The molecule has 0 aliphatic carbocycles. The van der Waals surface area contributed by atoms with E-state index in [0.29, 0.717) is 12.5 Å². The number of rotatable bonds is 3. The molecule has 0 unspecified atom stereocenters. The van der Waals surface area contributed by atoms with Crippen molar-refractivity contribution in [1.29, 1.82) is 0 Å². The van der Waals surface area contributed by atoms with Crippen LogP contribution in [0.15, 0.2) is 18.2 Å². The van der Waals surface area contributed by atoms with Gasteiger partial charge in [-0.3, -0.25) is 4.68 Å². The maximum Gasteiger partial charge on any atom is 0.0929 e. The number of nitrogens with two attached hydrogens (primary N) is 1. The van der Waals surface area contributed by atoms with Gasteiger partial charge in [-0.15, -0.1) is 0 Å². The van der Waals surface area contributed by atoms with Crippen molar-refractivity contribution in [3.05, 3.63) is 29.5 Å².